The van der Waals surface area contributed by atoms with Crippen molar-refractivity contribution in [2.45, 2.75) is 37.8 Å². The molecule has 1 atom stereocenters. The maximum Gasteiger partial charge on any atom is 0.341 e. The Morgan fingerprint density at radius 3 is 2.62 bits per heavy atom. The Labute approximate surface area is 137 Å². The average molecular weight is 328 g/mol. The Hall–Kier alpha value is -2.47. The van der Waals surface area contributed by atoms with Gasteiger partial charge in [-0.1, -0.05) is 6.08 Å². The van der Waals surface area contributed by atoms with Gasteiger partial charge in [-0.3, -0.25) is 4.79 Å². The van der Waals surface area contributed by atoms with Crippen molar-refractivity contribution in [1.29, 1.82) is 0 Å². The molecule has 2 aliphatic rings. The SMILES string of the molecule is NC1C=C(c2cc3c(cc2F)c(=O)c(C(=O)O)cn3C2CC2)CC1. The van der Waals surface area contributed by atoms with Crippen molar-refractivity contribution in [3.8, 4) is 0 Å². The Bertz CT molecular complexity index is 957. The van der Waals surface area contributed by atoms with Gasteiger partial charge < -0.3 is 15.4 Å². The smallest absolute Gasteiger partial charge is 0.341 e. The Morgan fingerprint density at radius 1 is 1.29 bits per heavy atom. The Morgan fingerprint density at radius 2 is 2.04 bits per heavy atom. The minimum Gasteiger partial charge on any atom is -0.477 e. The van der Waals surface area contributed by atoms with Crippen molar-refractivity contribution in [1.82, 2.24) is 4.57 Å². The Kier molecular flexibility index (Phi) is 3.31. The highest BCUT2D eigenvalue weighted by Crippen LogP contribution is 2.38. The zero-order chi connectivity index (χ0) is 17.0. The quantitative estimate of drug-likeness (QED) is 0.907. The molecule has 1 aromatic carbocycles. The van der Waals surface area contributed by atoms with Crippen LogP contribution < -0.4 is 11.2 Å². The summed E-state index contributed by atoms with van der Waals surface area (Å²) in [4.78, 5) is 23.7. The summed E-state index contributed by atoms with van der Waals surface area (Å²) in [6, 6.07) is 2.93. The third kappa shape index (κ3) is 2.34. The van der Waals surface area contributed by atoms with Crippen molar-refractivity contribution in [3.05, 3.63) is 51.6 Å². The molecular formula is C18H17FN2O3. The van der Waals surface area contributed by atoms with E-state index in [1.807, 2.05) is 6.08 Å². The number of carbonyl (C=O) groups is 1. The highest BCUT2D eigenvalue weighted by Gasteiger charge is 2.28. The minimum atomic E-state index is -1.29. The number of carboxylic acids is 1. The van der Waals surface area contributed by atoms with Crippen LogP contribution in [0.25, 0.3) is 16.5 Å². The fraction of sp³-hybridized carbons (Fsp3) is 0.333. The maximum atomic E-state index is 14.6. The van der Waals surface area contributed by atoms with Gasteiger partial charge in [-0.2, -0.15) is 0 Å². The van der Waals surface area contributed by atoms with E-state index in [1.165, 1.54) is 12.3 Å². The molecule has 6 heteroatoms. The van der Waals surface area contributed by atoms with Gasteiger partial charge >= 0.3 is 5.97 Å². The topological polar surface area (TPSA) is 85.3 Å². The van der Waals surface area contributed by atoms with Crippen LogP contribution in [0.3, 0.4) is 0 Å². The number of rotatable bonds is 3. The van der Waals surface area contributed by atoms with Gasteiger partial charge in [0.25, 0.3) is 0 Å². The fourth-order valence-corrected chi connectivity index (χ4v) is 3.39. The van der Waals surface area contributed by atoms with Crippen LogP contribution in [0.2, 0.25) is 0 Å². The number of aromatic carboxylic acids is 1. The first-order valence-electron chi connectivity index (χ1n) is 8.04. The maximum absolute atomic E-state index is 14.6. The number of allylic oxidation sites excluding steroid dienone is 1. The van der Waals surface area contributed by atoms with E-state index in [4.69, 9.17) is 5.73 Å². The monoisotopic (exact) mass is 328 g/mol. The van der Waals surface area contributed by atoms with E-state index in [-0.39, 0.29) is 23.0 Å². The second kappa shape index (κ2) is 5.27. The molecule has 0 radical (unpaired) electrons. The summed E-state index contributed by atoms with van der Waals surface area (Å²) in [7, 11) is 0. The molecule has 4 rings (SSSR count). The Balaban J connectivity index is 2.01. The molecule has 0 saturated heterocycles. The van der Waals surface area contributed by atoms with E-state index >= 15 is 0 Å². The number of carboxylic acid groups (broad SMARTS) is 1. The summed E-state index contributed by atoms with van der Waals surface area (Å²) in [5.74, 6) is -1.80. The molecule has 24 heavy (non-hydrogen) atoms. The van der Waals surface area contributed by atoms with Gasteiger partial charge in [-0.15, -0.1) is 0 Å². The molecule has 1 heterocycles. The third-order valence-corrected chi connectivity index (χ3v) is 4.80. The lowest BCUT2D eigenvalue weighted by Crippen LogP contribution is -2.19. The van der Waals surface area contributed by atoms with Crippen LogP contribution in [0.4, 0.5) is 4.39 Å². The summed E-state index contributed by atoms with van der Waals surface area (Å²) in [6.07, 6.45) is 6.58. The molecule has 0 bridgehead atoms. The van der Waals surface area contributed by atoms with Crippen molar-refractivity contribution in [2.24, 2.45) is 5.73 Å². The van der Waals surface area contributed by atoms with Crippen LogP contribution in [0.15, 0.2) is 29.2 Å². The predicted octanol–water partition coefficient (Wildman–Crippen LogP) is 2.68. The molecule has 1 aromatic heterocycles. The fourth-order valence-electron chi connectivity index (χ4n) is 3.39. The van der Waals surface area contributed by atoms with Gasteiger partial charge in [-0.25, -0.2) is 9.18 Å². The molecule has 5 nitrogen and oxygen atoms in total. The zero-order valence-electron chi connectivity index (χ0n) is 13.0. The summed E-state index contributed by atoms with van der Waals surface area (Å²) in [6.45, 7) is 0. The van der Waals surface area contributed by atoms with Crippen molar-refractivity contribution >= 4 is 22.4 Å². The second-order valence-electron chi connectivity index (χ2n) is 6.56. The summed E-state index contributed by atoms with van der Waals surface area (Å²) in [5, 5.41) is 9.36. The van der Waals surface area contributed by atoms with E-state index in [1.54, 1.807) is 10.6 Å². The summed E-state index contributed by atoms with van der Waals surface area (Å²) in [5.41, 5.74) is 6.80. The lowest BCUT2D eigenvalue weighted by atomic mass is 10.0. The summed E-state index contributed by atoms with van der Waals surface area (Å²) >= 11 is 0. The van der Waals surface area contributed by atoms with Crippen molar-refractivity contribution < 1.29 is 14.3 Å². The normalized spacial score (nSPS) is 20.4. The molecule has 1 saturated carbocycles. The minimum absolute atomic E-state index is 0.0740. The summed E-state index contributed by atoms with van der Waals surface area (Å²) < 4.78 is 16.4. The van der Waals surface area contributed by atoms with Gasteiger partial charge in [0, 0.05) is 29.2 Å². The molecule has 124 valence electrons. The van der Waals surface area contributed by atoms with Crippen LogP contribution in [-0.4, -0.2) is 21.7 Å². The highest BCUT2D eigenvalue weighted by molar-refractivity contribution is 5.93. The second-order valence-corrected chi connectivity index (χ2v) is 6.56. The zero-order valence-corrected chi connectivity index (χ0v) is 13.0. The van der Waals surface area contributed by atoms with Crippen LogP contribution in [-0.2, 0) is 0 Å². The molecule has 0 aliphatic heterocycles. The van der Waals surface area contributed by atoms with E-state index < -0.39 is 17.2 Å². The van der Waals surface area contributed by atoms with Crippen LogP contribution in [0, 0.1) is 5.82 Å². The van der Waals surface area contributed by atoms with Gasteiger partial charge in [0.2, 0.25) is 5.43 Å². The number of hydrogen-bond acceptors (Lipinski definition) is 3. The molecule has 0 amide bonds. The molecule has 2 aromatic rings. The first kappa shape index (κ1) is 15.1. The molecule has 0 spiro atoms. The van der Waals surface area contributed by atoms with Crippen LogP contribution in [0.5, 0.6) is 0 Å². The largest absolute Gasteiger partial charge is 0.477 e. The third-order valence-electron chi connectivity index (χ3n) is 4.80. The van der Waals surface area contributed by atoms with Gasteiger partial charge in [0.1, 0.15) is 11.4 Å². The molecular weight excluding hydrogens is 311 g/mol. The number of aromatic nitrogens is 1. The lowest BCUT2D eigenvalue weighted by molar-refractivity contribution is 0.0695. The van der Waals surface area contributed by atoms with E-state index in [0.29, 0.717) is 17.5 Å². The molecule has 1 fully saturated rings. The molecule has 3 N–H and O–H groups in total. The van der Waals surface area contributed by atoms with Crippen LogP contribution in [0.1, 0.15) is 47.6 Å². The highest BCUT2D eigenvalue weighted by atomic mass is 19.1. The standard InChI is InChI=1S/C18H17FN2O3/c19-15-6-13-16(7-12(15)9-1-2-10(20)5-9)21(11-3-4-11)8-14(17(13)22)18(23)24/h5-8,10-11H,1-4,20H2,(H,23,24). The van der Waals surface area contributed by atoms with Crippen molar-refractivity contribution in [2.75, 3.05) is 0 Å². The van der Waals surface area contributed by atoms with E-state index in [9.17, 15) is 19.1 Å². The van der Waals surface area contributed by atoms with Gasteiger partial charge in [-0.05, 0) is 43.4 Å². The van der Waals surface area contributed by atoms with Crippen LogP contribution >= 0.6 is 0 Å². The van der Waals surface area contributed by atoms with Gasteiger partial charge in [0.15, 0.2) is 0 Å². The van der Waals surface area contributed by atoms with Gasteiger partial charge in [0.05, 0.1) is 5.52 Å². The lowest BCUT2D eigenvalue weighted by Gasteiger charge is -2.14. The van der Waals surface area contributed by atoms with E-state index in [0.717, 1.165) is 24.8 Å². The van der Waals surface area contributed by atoms with Crippen molar-refractivity contribution in [3.63, 3.8) is 0 Å². The number of nitrogens with zero attached hydrogens (tertiary/aromatic N) is 1. The average Bonchev–Trinajstić information content (AvgIpc) is 3.28. The molecule has 2 aliphatic carbocycles. The number of nitrogens with two attached hydrogens (primary N) is 1. The first-order chi connectivity index (χ1) is 11.5. The number of pyridine rings is 1. The predicted molar refractivity (Wildman–Crippen MR) is 88.6 cm³/mol. The first-order valence-corrected chi connectivity index (χ1v) is 8.04. The van der Waals surface area contributed by atoms with E-state index in [2.05, 4.69) is 0 Å². The number of hydrogen-bond donors (Lipinski definition) is 2. The number of halogens is 1. The number of benzene rings is 1. The number of fused-ring (bicyclic) bond motifs is 1. The molecule has 1 unspecified atom stereocenters.